The minimum absolute atomic E-state index is 0.587. The van der Waals surface area contributed by atoms with Gasteiger partial charge in [-0.1, -0.05) is 0 Å². The van der Waals surface area contributed by atoms with E-state index < -0.39 is 289 Å². The summed E-state index contributed by atoms with van der Waals surface area (Å²) in [5, 5.41) is 29.2. The van der Waals surface area contributed by atoms with Gasteiger partial charge in [-0.3, -0.25) is 0 Å². The van der Waals surface area contributed by atoms with E-state index in [0.29, 0.717) is 0 Å². The van der Waals surface area contributed by atoms with Crippen LogP contribution in [0.2, 0.25) is 0 Å². The van der Waals surface area contributed by atoms with E-state index in [2.05, 4.69) is 14.2 Å². The minimum Gasteiger partial charge on any atom is -0.459 e. The van der Waals surface area contributed by atoms with Crippen molar-refractivity contribution < 1.29 is 321 Å². The summed E-state index contributed by atoms with van der Waals surface area (Å²) in [6, 6.07) is -2.25. The molecule has 1 aromatic carbocycles. The largest absolute Gasteiger partial charge is 0.460 e. The smallest absolute Gasteiger partial charge is 0.459 e. The van der Waals surface area contributed by atoms with Gasteiger partial charge in [0.05, 0.1) is 35.0 Å². The number of benzene rings is 1. The second kappa shape index (κ2) is 30.8. The Balaban J connectivity index is 4.17. The van der Waals surface area contributed by atoms with Crippen molar-refractivity contribution in [3.63, 3.8) is 0 Å². The number of ether oxygens (including phenoxy) is 3. The van der Waals surface area contributed by atoms with Gasteiger partial charge in [-0.25, -0.2) is 14.4 Å². The molecule has 0 aliphatic carbocycles. The first kappa shape index (κ1) is 111. The summed E-state index contributed by atoms with van der Waals surface area (Å²) >= 11 is 0. The summed E-state index contributed by atoms with van der Waals surface area (Å²) in [5.74, 6) is -261. The van der Waals surface area contributed by atoms with E-state index in [4.69, 9.17) is 0 Å². The maximum Gasteiger partial charge on any atom is 0.460 e. The normalized spacial score (nSPS) is 16.9. The van der Waals surface area contributed by atoms with Crippen LogP contribution in [0.25, 0.3) is 0 Å². The molecule has 3 N–H and O–H groups in total. The summed E-state index contributed by atoms with van der Waals surface area (Å²) in [6.07, 6.45) is -51.3. The van der Waals surface area contributed by atoms with Crippen LogP contribution < -0.4 is 0 Å². The molecule has 3 unspecified atom stereocenters. The lowest BCUT2D eigenvalue weighted by molar-refractivity contribution is -0.474. The van der Waals surface area contributed by atoms with E-state index in [1.807, 2.05) is 0 Å². The monoisotopic (exact) mass is 1940 g/mol. The fourth-order valence-corrected chi connectivity index (χ4v) is 7.99. The molecule has 3 atom stereocenters. The van der Waals surface area contributed by atoms with E-state index in [-0.39, 0.29) is 0 Å². The van der Waals surface area contributed by atoms with Gasteiger partial charge in [0, 0.05) is 19.3 Å². The minimum atomic E-state index is -9.87. The Kier molecular flexibility index (Phi) is 28.5. The average molecular weight is 1940 g/mol. The molecule has 0 aliphatic heterocycles. The second-order valence-electron chi connectivity index (χ2n) is 23.5. The van der Waals surface area contributed by atoms with Crippen molar-refractivity contribution in [2.24, 2.45) is 0 Å². The Morgan fingerprint density at radius 3 is 0.517 bits per heavy atom. The van der Waals surface area contributed by atoms with Gasteiger partial charge in [-0.15, -0.1) is 0 Å². The molecule has 0 bridgehead atoms. The van der Waals surface area contributed by atoms with Gasteiger partial charge >= 0.3 is 196 Å². The number of hydrogen-bond donors (Lipinski definition) is 3. The highest BCUT2D eigenvalue weighted by atomic mass is 19.5. The van der Waals surface area contributed by atoms with E-state index in [1.54, 1.807) is 0 Å². The van der Waals surface area contributed by atoms with Crippen molar-refractivity contribution in [1.29, 1.82) is 0 Å². The molecule has 0 fully saturated rings. The van der Waals surface area contributed by atoms with Gasteiger partial charge in [0.15, 0.2) is 0 Å². The summed E-state index contributed by atoms with van der Waals surface area (Å²) in [5.41, 5.74) is -7.30. The van der Waals surface area contributed by atoms with Crippen molar-refractivity contribution >= 4 is 17.9 Å². The molecule has 0 aliphatic rings. The van der Waals surface area contributed by atoms with Gasteiger partial charge in [0.2, 0.25) is 0 Å². The molecule has 0 heterocycles. The zero-order valence-corrected chi connectivity index (χ0v) is 53.3. The molecular weight excluding hydrogens is 1920 g/mol. The van der Waals surface area contributed by atoms with Crippen molar-refractivity contribution in [2.45, 2.75) is 216 Å². The Morgan fingerprint density at radius 2 is 0.350 bits per heavy atom. The molecule has 1 aromatic rings. The Hall–Kier alpha value is -6.90. The lowest BCUT2D eigenvalue weighted by Crippen LogP contribution is -2.76. The number of hydrogen-bond acceptors (Lipinski definition) is 9. The SMILES string of the molecule is O=C(OCC(O)CC(F)(F)C(F)(F)C(F)(F)C(F)(F)C(F)(F)C(F)(F)C(F)(F)C(F)(F)C(F)(F)C(F)(F)F)c1ccc(C(=O)OCC(O)CC(F)(F)C(F)(F)C(F)(F)C(F)(F)C(F)(F)C(F)(F)C(F)(F)C(F)(F)C(F)(F)C(F)(F)F)c(C(=O)OCC(O)CC(F)(F)C(F)(F)C(F)(F)C(F)(F)C(F)(F)C(F)(F)C(F)(F)C(F)(F)C(F)(F)C(F)(F)F)c1. The van der Waals surface area contributed by atoms with Crippen LogP contribution in [-0.2, 0) is 14.2 Å². The van der Waals surface area contributed by atoms with Crippen molar-refractivity contribution in [2.75, 3.05) is 19.8 Å². The van der Waals surface area contributed by atoms with Gasteiger partial charge in [0.1, 0.15) is 19.8 Å². The van der Waals surface area contributed by atoms with E-state index in [0.717, 1.165) is 0 Å². The number of alkyl halides is 63. The number of aliphatic hydroxyl groups excluding tert-OH is 3. The van der Waals surface area contributed by atoms with Gasteiger partial charge in [-0.2, -0.15) is 277 Å². The third-order valence-corrected chi connectivity index (χ3v) is 15.1. The maximum atomic E-state index is 14.7. The summed E-state index contributed by atoms with van der Waals surface area (Å²) in [7, 11) is 0. The molecule has 0 saturated heterocycles. The van der Waals surface area contributed by atoms with Gasteiger partial charge in [0.25, 0.3) is 0 Å². The molecule has 0 aromatic heterocycles. The van der Waals surface area contributed by atoms with Gasteiger partial charge < -0.3 is 29.5 Å². The number of halogens is 63. The Bertz CT molecular complexity index is 3800. The molecule has 0 spiro atoms. The van der Waals surface area contributed by atoms with Crippen LogP contribution in [0.15, 0.2) is 18.2 Å². The van der Waals surface area contributed by atoms with Crippen molar-refractivity contribution in [1.82, 2.24) is 0 Å². The first-order valence-corrected chi connectivity index (χ1v) is 27.5. The van der Waals surface area contributed by atoms with Crippen LogP contribution >= 0.6 is 0 Å². The molecular formula is C48H21F63O9. The highest BCUT2D eigenvalue weighted by molar-refractivity contribution is 6.05. The number of carbonyl (C=O) groups excluding carboxylic acids is 3. The molecule has 1 rings (SSSR count). The standard InChI is InChI=1S/C48H21F63O9/c49-19(50,22(55,56)25(61,62)28(67,68)31(73,74)34(79,80)37(85,86)40(91,92)43(97,98)46(103,104)105)4-11(112)7-118-16(115)10-1-2-14(17(116)119-8-12(113)5-20(51,52)23(57,58)26(63,64)29(69,70)32(75,76)35(81,82)38(87,88)41(93,94)44(99,100)47(106,107)108)15(3-10)18(117)120-9-13(114)6-21(53,54)24(59,60)27(65,66)30(71,72)33(77,78)36(83,84)39(89,90)42(95,96)45(101,102)48(109,110)111/h1-3,11-13,112-114H,4-9H2. The number of rotatable bonds is 39. The van der Waals surface area contributed by atoms with Crippen LogP contribution in [0.5, 0.6) is 0 Å². The number of esters is 3. The van der Waals surface area contributed by atoms with Crippen molar-refractivity contribution in [3.05, 3.63) is 34.9 Å². The maximum absolute atomic E-state index is 14.7. The predicted octanol–water partition coefficient (Wildman–Crippen LogP) is 20.3. The van der Waals surface area contributed by atoms with E-state index in [9.17, 15) is 306 Å². The number of carbonyl (C=O) groups is 3. The van der Waals surface area contributed by atoms with Crippen LogP contribution in [0, 0.1) is 0 Å². The quantitative estimate of drug-likeness (QED) is 0.0334. The average Bonchev–Trinajstić information content (AvgIpc) is 0.693. The molecule has 708 valence electrons. The topological polar surface area (TPSA) is 140 Å². The lowest BCUT2D eigenvalue weighted by atomic mass is 9.85. The second-order valence-corrected chi connectivity index (χ2v) is 23.5. The summed E-state index contributed by atoms with van der Waals surface area (Å²) in [4.78, 5) is 38.8. The van der Waals surface area contributed by atoms with E-state index >= 15 is 0 Å². The zero-order valence-electron chi connectivity index (χ0n) is 53.3. The molecule has 120 heavy (non-hydrogen) atoms. The van der Waals surface area contributed by atoms with Crippen LogP contribution in [0.4, 0.5) is 277 Å². The number of aliphatic hydroxyl groups is 3. The highest BCUT2D eigenvalue weighted by Crippen LogP contribution is 2.72. The van der Waals surface area contributed by atoms with Crippen molar-refractivity contribution in [3.8, 4) is 0 Å². The molecule has 72 heteroatoms. The van der Waals surface area contributed by atoms with Crippen LogP contribution in [-0.4, -0.2) is 250 Å². The zero-order chi connectivity index (χ0) is 97.7. The Morgan fingerprint density at radius 1 is 0.208 bits per heavy atom. The fourth-order valence-electron chi connectivity index (χ4n) is 7.99. The van der Waals surface area contributed by atoms with Crippen LogP contribution in [0.3, 0.4) is 0 Å². The molecule has 0 saturated carbocycles. The van der Waals surface area contributed by atoms with Crippen LogP contribution in [0.1, 0.15) is 50.3 Å². The predicted molar refractivity (Wildman–Crippen MR) is 241 cm³/mol. The Labute approximate surface area is 609 Å². The molecule has 0 radical (unpaired) electrons. The fraction of sp³-hybridized carbons (Fsp3) is 0.812. The molecule has 9 nitrogen and oxygen atoms in total. The third kappa shape index (κ3) is 15.9. The lowest BCUT2D eigenvalue weighted by Gasteiger charge is -2.44. The first-order valence-electron chi connectivity index (χ1n) is 27.5. The summed E-state index contributed by atoms with van der Waals surface area (Å²) in [6.45, 7) is -9.33. The first-order chi connectivity index (χ1) is 51.4. The molecule has 0 amide bonds. The third-order valence-electron chi connectivity index (χ3n) is 15.1. The highest BCUT2D eigenvalue weighted by Gasteiger charge is 3.02. The summed E-state index contributed by atoms with van der Waals surface area (Å²) < 4.78 is 883. The van der Waals surface area contributed by atoms with E-state index in [1.165, 1.54) is 0 Å². The van der Waals surface area contributed by atoms with Gasteiger partial charge in [-0.05, 0) is 18.2 Å².